The van der Waals surface area contributed by atoms with E-state index in [1.807, 2.05) is 0 Å². The van der Waals surface area contributed by atoms with Crippen LogP contribution in [0.3, 0.4) is 0 Å². The van der Waals surface area contributed by atoms with Crippen molar-refractivity contribution in [3.8, 4) is 0 Å². The van der Waals surface area contributed by atoms with E-state index in [-0.39, 0.29) is 18.6 Å². The van der Waals surface area contributed by atoms with E-state index < -0.39 is 6.10 Å². The second kappa shape index (κ2) is 7.66. The van der Waals surface area contributed by atoms with Crippen molar-refractivity contribution in [2.75, 3.05) is 6.54 Å². The van der Waals surface area contributed by atoms with E-state index in [1.54, 1.807) is 24.5 Å². The van der Waals surface area contributed by atoms with Crippen molar-refractivity contribution in [3.05, 3.63) is 65.5 Å². The topological polar surface area (TPSA) is 74.2 Å². The third-order valence-corrected chi connectivity index (χ3v) is 4.66. The van der Waals surface area contributed by atoms with Crippen molar-refractivity contribution in [2.24, 2.45) is 0 Å². The normalized spacial score (nSPS) is 20.2. The van der Waals surface area contributed by atoms with Crippen LogP contribution in [0.1, 0.15) is 54.9 Å². The highest BCUT2D eigenvalue weighted by Gasteiger charge is 2.39. The Morgan fingerprint density at radius 1 is 1.24 bits per heavy atom. The minimum atomic E-state index is -0.752. The Labute approximate surface area is 148 Å². The molecule has 5 nitrogen and oxygen atoms in total. The lowest BCUT2D eigenvalue weighted by Gasteiger charge is -2.12. The number of pyridine rings is 1. The number of nitrogens with one attached hydrogen (secondary N) is 2. The van der Waals surface area contributed by atoms with Crippen LogP contribution in [0, 0.1) is 0 Å². The molecule has 5 heteroatoms. The summed E-state index contributed by atoms with van der Waals surface area (Å²) < 4.78 is 0. The van der Waals surface area contributed by atoms with E-state index in [0.29, 0.717) is 17.4 Å². The summed E-state index contributed by atoms with van der Waals surface area (Å²) in [6, 6.07) is 12.1. The number of aliphatic hydroxyl groups excluding tert-OH is 1. The van der Waals surface area contributed by atoms with E-state index in [2.05, 4.69) is 53.7 Å². The molecule has 3 atom stereocenters. The fourth-order valence-corrected chi connectivity index (χ4v) is 2.95. The summed E-state index contributed by atoms with van der Waals surface area (Å²) in [6.07, 6.45) is 3.46. The number of amides is 2. The molecule has 0 aliphatic heterocycles. The number of hydrogen-bond donors (Lipinski definition) is 3. The quantitative estimate of drug-likeness (QED) is 0.757. The summed E-state index contributed by atoms with van der Waals surface area (Å²) in [4.78, 5) is 16.0. The molecule has 1 aromatic heterocycles. The van der Waals surface area contributed by atoms with Crippen molar-refractivity contribution in [3.63, 3.8) is 0 Å². The number of carbonyl (C=O) groups is 1. The molecule has 1 fully saturated rings. The lowest BCUT2D eigenvalue weighted by atomic mass is 10.0. The maximum absolute atomic E-state index is 12.0. The van der Waals surface area contributed by atoms with Crippen LogP contribution in [0.4, 0.5) is 4.79 Å². The SMILES string of the molecule is CC(C)c1ccc([C@@H]2C[C@@H]2NC(=O)NC[C@H](O)c2cccnc2)cc1. The van der Waals surface area contributed by atoms with Gasteiger partial charge in [0.15, 0.2) is 0 Å². The Morgan fingerprint density at radius 2 is 2.00 bits per heavy atom. The first kappa shape index (κ1) is 17.4. The first-order valence-electron chi connectivity index (χ1n) is 8.77. The van der Waals surface area contributed by atoms with Gasteiger partial charge in [-0.05, 0) is 29.5 Å². The predicted octanol–water partition coefficient (Wildman–Crippen LogP) is 3.09. The van der Waals surface area contributed by atoms with Gasteiger partial charge in [-0.25, -0.2) is 4.79 Å². The molecule has 3 rings (SSSR count). The van der Waals surface area contributed by atoms with Crippen LogP contribution < -0.4 is 10.6 Å². The van der Waals surface area contributed by atoms with Crippen LogP contribution in [0.15, 0.2) is 48.8 Å². The van der Waals surface area contributed by atoms with Gasteiger partial charge in [0.1, 0.15) is 0 Å². The smallest absolute Gasteiger partial charge is 0.315 e. The van der Waals surface area contributed by atoms with Gasteiger partial charge in [-0.15, -0.1) is 0 Å². The van der Waals surface area contributed by atoms with Gasteiger partial charge in [0, 0.05) is 36.5 Å². The van der Waals surface area contributed by atoms with Crippen LogP contribution >= 0.6 is 0 Å². The number of benzene rings is 1. The molecule has 2 amide bonds. The Kier molecular flexibility index (Phi) is 5.34. The Bertz CT molecular complexity index is 701. The summed E-state index contributed by atoms with van der Waals surface area (Å²) in [5, 5.41) is 15.7. The molecule has 0 unspecified atom stereocenters. The molecule has 3 N–H and O–H groups in total. The summed E-state index contributed by atoms with van der Waals surface area (Å²) >= 11 is 0. The van der Waals surface area contributed by atoms with Crippen LogP contribution in [0.5, 0.6) is 0 Å². The summed E-state index contributed by atoms with van der Waals surface area (Å²) in [5.74, 6) is 0.911. The zero-order valence-electron chi connectivity index (χ0n) is 14.6. The number of aliphatic hydroxyl groups is 1. The molecule has 0 bridgehead atoms. The minimum Gasteiger partial charge on any atom is -0.387 e. The molecule has 132 valence electrons. The molecule has 1 heterocycles. The molecular weight excluding hydrogens is 314 g/mol. The number of aromatic nitrogens is 1. The van der Waals surface area contributed by atoms with Gasteiger partial charge in [0.25, 0.3) is 0 Å². The van der Waals surface area contributed by atoms with Crippen molar-refractivity contribution < 1.29 is 9.90 Å². The third-order valence-electron chi connectivity index (χ3n) is 4.66. The van der Waals surface area contributed by atoms with Gasteiger partial charge < -0.3 is 15.7 Å². The molecule has 0 saturated heterocycles. The Hall–Kier alpha value is -2.40. The zero-order chi connectivity index (χ0) is 17.8. The molecule has 1 aliphatic carbocycles. The van der Waals surface area contributed by atoms with Crippen molar-refractivity contribution in [1.82, 2.24) is 15.6 Å². The lowest BCUT2D eigenvalue weighted by molar-refractivity contribution is 0.172. The van der Waals surface area contributed by atoms with Crippen LogP contribution in [-0.2, 0) is 0 Å². The summed E-state index contributed by atoms with van der Waals surface area (Å²) in [5.41, 5.74) is 3.29. The highest BCUT2D eigenvalue weighted by Crippen LogP contribution is 2.41. The molecule has 1 saturated carbocycles. The summed E-state index contributed by atoms with van der Waals surface area (Å²) in [6.45, 7) is 4.53. The van der Waals surface area contributed by atoms with Crippen molar-refractivity contribution in [1.29, 1.82) is 0 Å². The van der Waals surface area contributed by atoms with Gasteiger partial charge in [0.2, 0.25) is 0 Å². The lowest BCUT2D eigenvalue weighted by Crippen LogP contribution is -2.39. The van der Waals surface area contributed by atoms with Gasteiger partial charge in [0.05, 0.1) is 6.10 Å². The number of hydrogen-bond acceptors (Lipinski definition) is 3. The molecule has 0 radical (unpaired) electrons. The van der Waals surface area contributed by atoms with Crippen molar-refractivity contribution >= 4 is 6.03 Å². The monoisotopic (exact) mass is 339 g/mol. The van der Waals surface area contributed by atoms with Crippen LogP contribution in [-0.4, -0.2) is 28.7 Å². The maximum atomic E-state index is 12.0. The number of rotatable bonds is 6. The van der Waals surface area contributed by atoms with E-state index in [1.165, 1.54) is 11.1 Å². The predicted molar refractivity (Wildman–Crippen MR) is 97.4 cm³/mol. The summed E-state index contributed by atoms with van der Waals surface area (Å²) in [7, 11) is 0. The molecule has 1 aromatic carbocycles. The van der Waals surface area contributed by atoms with Gasteiger partial charge in [-0.2, -0.15) is 0 Å². The van der Waals surface area contributed by atoms with E-state index in [9.17, 15) is 9.90 Å². The van der Waals surface area contributed by atoms with Crippen LogP contribution in [0.2, 0.25) is 0 Å². The third kappa shape index (κ3) is 4.57. The first-order valence-corrected chi connectivity index (χ1v) is 8.77. The van der Waals surface area contributed by atoms with E-state index in [0.717, 1.165) is 6.42 Å². The minimum absolute atomic E-state index is 0.165. The van der Waals surface area contributed by atoms with Crippen LogP contribution in [0.25, 0.3) is 0 Å². The molecule has 1 aliphatic rings. The molecule has 0 spiro atoms. The van der Waals surface area contributed by atoms with Crippen molar-refractivity contribution in [2.45, 2.75) is 44.2 Å². The number of carbonyl (C=O) groups excluding carboxylic acids is 1. The fraction of sp³-hybridized carbons (Fsp3) is 0.400. The molecule has 25 heavy (non-hydrogen) atoms. The standard InChI is InChI=1S/C20H25N3O2/c1-13(2)14-5-7-15(8-6-14)17-10-18(17)23-20(25)22-12-19(24)16-4-3-9-21-11-16/h3-9,11,13,17-19,24H,10,12H2,1-2H3,(H2,22,23,25)/t17-,18-,19-/m0/s1. The van der Waals surface area contributed by atoms with E-state index in [4.69, 9.17) is 0 Å². The number of urea groups is 1. The maximum Gasteiger partial charge on any atom is 0.315 e. The fourth-order valence-electron chi connectivity index (χ4n) is 2.95. The highest BCUT2D eigenvalue weighted by atomic mass is 16.3. The second-order valence-corrected chi connectivity index (χ2v) is 6.93. The average Bonchev–Trinajstić information content (AvgIpc) is 3.39. The van der Waals surface area contributed by atoms with Gasteiger partial charge in [-0.3, -0.25) is 4.98 Å². The first-order chi connectivity index (χ1) is 12.0. The average molecular weight is 339 g/mol. The Balaban J connectivity index is 1.44. The highest BCUT2D eigenvalue weighted by molar-refractivity contribution is 5.75. The van der Waals surface area contributed by atoms with Gasteiger partial charge in [-0.1, -0.05) is 44.2 Å². The van der Waals surface area contributed by atoms with Gasteiger partial charge >= 0.3 is 6.03 Å². The Morgan fingerprint density at radius 3 is 2.64 bits per heavy atom. The molecular formula is C20H25N3O2. The largest absolute Gasteiger partial charge is 0.387 e. The van der Waals surface area contributed by atoms with E-state index >= 15 is 0 Å². The zero-order valence-corrected chi connectivity index (χ0v) is 14.6. The molecule has 2 aromatic rings. The number of nitrogens with zero attached hydrogens (tertiary/aromatic N) is 1. The second-order valence-electron chi connectivity index (χ2n) is 6.93.